The predicted molar refractivity (Wildman–Crippen MR) is 561 cm³/mol. The summed E-state index contributed by atoms with van der Waals surface area (Å²) in [6.45, 7) is 0. The molecular formula is C119H74N8S5. The largest absolute Gasteiger partial charge is 0.309 e. The third-order valence-corrected chi connectivity index (χ3v) is 30.0. The van der Waals surface area contributed by atoms with E-state index in [2.05, 4.69) is 423 Å². The first-order chi connectivity index (χ1) is 65.3. The fourth-order valence-electron chi connectivity index (χ4n) is 17.8. The number of hydrogen-bond acceptors (Lipinski definition) is 12. The highest BCUT2D eigenvalue weighted by atomic mass is 32.1. The van der Waals surface area contributed by atoms with Crippen molar-refractivity contribution in [1.82, 2.24) is 39.5 Å². The van der Waals surface area contributed by atoms with Crippen molar-refractivity contribution < 1.29 is 0 Å². The van der Waals surface area contributed by atoms with Crippen LogP contribution in [-0.2, 0) is 0 Å². The Morgan fingerprint density at radius 1 is 0.167 bits per heavy atom. The van der Waals surface area contributed by atoms with Crippen molar-refractivity contribution >= 4 is 149 Å². The Morgan fingerprint density at radius 2 is 0.485 bits per heavy atom. The molecule has 0 fully saturated rings. The van der Waals surface area contributed by atoms with Crippen molar-refractivity contribution in [1.29, 1.82) is 0 Å². The molecule has 0 saturated carbocycles. The Hall–Kier alpha value is -16.0. The van der Waals surface area contributed by atoms with Crippen LogP contribution in [0.4, 0.5) is 0 Å². The van der Waals surface area contributed by atoms with Crippen LogP contribution < -0.4 is 0 Å². The molecule has 0 N–H and O–H groups in total. The van der Waals surface area contributed by atoms with E-state index in [-0.39, 0.29) is 0 Å². The number of fused-ring (bicyclic) bond motifs is 12. The fraction of sp³-hybridized carbons (Fsp3) is 0. The molecule has 132 heavy (non-hydrogen) atoms. The quantitative estimate of drug-likeness (QED) is 0.107. The zero-order chi connectivity index (χ0) is 87.4. The summed E-state index contributed by atoms with van der Waals surface area (Å²) in [5, 5.41) is 11.2. The van der Waals surface area contributed by atoms with Crippen molar-refractivity contribution in [3.8, 4) is 150 Å². The maximum absolute atomic E-state index is 5.20. The molecule has 26 rings (SSSR count). The molecule has 0 atom stereocenters. The smallest absolute Gasteiger partial charge is 0.174 e. The highest BCUT2D eigenvalue weighted by molar-refractivity contribution is 7.26. The van der Waals surface area contributed by atoms with Crippen LogP contribution >= 0.6 is 56.7 Å². The van der Waals surface area contributed by atoms with Gasteiger partial charge >= 0.3 is 0 Å². The van der Waals surface area contributed by atoms with E-state index in [1.165, 1.54) is 126 Å². The van der Waals surface area contributed by atoms with Crippen LogP contribution in [0.1, 0.15) is 0 Å². The Balaban J connectivity index is 0.000000111. The van der Waals surface area contributed by atoms with Gasteiger partial charge in [0.25, 0.3) is 0 Å². The van der Waals surface area contributed by atoms with Crippen molar-refractivity contribution in [3.05, 3.63) is 449 Å². The molecule has 620 valence electrons. The Bertz CT molecular complexity index is 8640. The second kappa shape index (κ2) is 34.6. The van der Waals surface area contributed by atoms with E-state index in [1.54, 1.807) is 34.0 Å². The lowest BCUT2D eigenvalue weighted by molar-refractivity contribution is 1.08. The van der Waals surface area contributed by atoms with E-state index in [0.29, 0.717) is 17.5 Å². The van der Waals surface area contributed by atoms with Gasteiger partial charge in [0, 0.05) is 104 Å². The van der Waals surface area contributed by atoms with E-state index >= 15 is 0 Å². The molecular weight excluding hydrogens is 1700 g/mol. The standard InChI is InChI=1S/C47H30N4S.2C36H22N2S2/c1-4-12-31(13-5-1)35-22-26-41-39(28-35)40-29-36(32-14-6-2-7-15-32)23-27-42(40)51(41)38-24-20-34(21-25-38)46-48-45(33-16-8-3-9-17-33)49-47(50-46)44-30-37-18-10-11-19-43(37)52-44;1-2-10-23(11-3-1)24-13-8-14-25(20-24)30-22-31(38-36(37-30)34-21-26-12-4-6-18-32(26)39-34)29-17-9-16-28-27-15-5-7-19-33(27)40-35(28)29;1-2-9-23(10-3-1)24-12-8-13-25(19-24)30-22-31(38-36(37-30)35-21-27-11-4-6-15-32(27)39-35)26-17-18-34-29(20-26)28-14-5-7-16-33(28)40-34/h1-30H;2*1-22H. The summed E-state index contributed by atoms with van der Waals surface area (Å²) in [6.07, 6.45) is 0. The maximum Gasteiger partial charge on any atom is 0.174 e. The summed E-state index contributed by atoms with van der Waals surface area (Å²) in [5.41, 5.74) is 22.9. The van der Waals surface area contributed by atoms with Crippen LogP contribution in [0.15, 0.2) is 449 Å². The molecule has 9 heterocycles. The molecule has 0 spiro atoms. The molecule has 26 aromatic rings. The number of benzene rings is 17. The van der Waals surface area contributed by atoms with Gasteiger partial charge in [0.05, 0.1) is 48.4 Å². The van der Waals surface area contributed by atoms with Gasteiger partial charge in [-0.15, -0.1) is 56.7 Å². The van der Waals surface area contributed by atoms with Crippen molar-refractivity contribution in [2.75, 3.05) is 0 Å². The van der Waals surface area contributed by atoms with E-state index in [4.69, 9.17) is 34.9 Å². The van der Waals surface area contributed by atoms with Gasteiger partial charge < -0.3 is 4.57 Å². The summed E-state index contributed by atoms with van der Waals surface area (Å²) in [6, 6.07) is 159. The molecule has 0 radical (unpaired) electrons. The van der Waals surface area contributed by atoms with Gasteiger partial charge in [-0.1, -0.05) is 315 Å². The van der Waals surface area contributed by atoms with Crippen molar-refractivity contribution in [3.63, 3.8) is 0 Å². The Morgan fingerprint density at radius 3 is 0.962 bits per heavy atom. The third kappa shape index (κ3) is 15.6. The van der Waals surface area contributed by atoms with Crippen molar-refractivity contribution in [2.24, 2.45) is 0 Å². The van der Waals surface area contributed by atoms with Gasteiger partial charge in [-0.2, -0.15) is 0 Å². The summed E-state index contributed by atoms with van der Waals surface area (Å²) in [7, 11) is 0. The number of aromatic nitrogens is 8. The molecule has 0 unspecified atom stereocenters. The lowest BCUT2D eigenvalue weighted by Crippen LogP contribution is -2.00. The van der Waals surface area contributed by atoms with E-state index in [9.17, 15) is 0 Å². The highest BCUT2D eigenvalue weighted by Crippen LogP contribution is 2.46. The summed E-state index contributed by atoms with van der Waals surface area (Å²) >= 11 is 8.86. The SMILES string of the molecule is c1ccc(-c2ccc3c(c2)c2cc(-c4ccccc4)ccc2n3-c2ccc(-c3nc(-c4ccccc4)nc(-c4cc5ccccc5s4)n3)cc2)cc1.c1ccc(-c2cccc(-c3cc(-c4ccc5sc6ccccc6c5c4)nc(-c4cc5ccccc5s4)n3)c2)cc1.c1ccc(-c2cccc(-c3cc(-c4cccc5c4sc4ccccc45)nc(-c4cc5ccccc5s4)n3)c2)cc1. The minimum atomic E-state index is 0.648. The minimum absolute atomic E-state index is 0.648. The zero-order valence-electron chi connectivity index (χ0n) is 70.8. The predicted octanol–water partition coefficient (Wildman–Crippen LogP) is 34.0. The monoisotopic (exact) mass is 1770 g/mol. The molecule has 0 saturated heterocycles. The molecule has 0 amide bonds. The maximum atomic E-state index is 5.20. The van der Waals surface area contributed by atoms with Crippen LogP contribution in [0.5, 0.6) is 0 Å². The minimum Gasteiger partial charge on any atom is -0.309 e. The van der Waals surface area contributed by atoms with E-state index in [0.717, 1.165) is 99.2 Å². The van der Waals surface area contributed by atoms with Gasteiger partial charge in [-0.05, 0) is 194 Å². The molecule has 17 aromatic carbocycles. The Labute approximate surface area is 781 Å². The number of hydrogen-bond donors (Lipinski definition) is 0. The van der Waals surface area contributed by atoms with Gasteiger partial charge in [-0.3, -0.25) is 0 Å². The topological polar surface area (TPSA) is 95.2 Å². The number of nitrogens with zero attached hydrogens (tertiary/aromatic N) is 8. The average molecular weight is 1780 g/mol. The van der Waals surface area contributed by atoms with Crippen LogP contribution in [-0.4, -0.2) is 39.5 Å². The normalized spacial score (nSPS) is 11.5. The van der Waals surface area contributed by atoms with Crippen LogP contribution in [0.3, 0.4) is 0 Å². The summed E-state index contributed by atoms with van der Waals surface area (Å²) < 4.78 is 11.2. The molecule has 0 aliphatic rings. The number of rotatable bonds is 14. The molecule has 0 aliphatic carbocycles. The van der Waals surface area contributed by atoms with Crippen LogP contribution in [0.25, 0.3) is 243 Å². The molecule has 13 heteroatoms. The van der Waals surface area contributed by atoms with E-state index in [1.807, 2.05) is 53.0 Å². The lowest BCUT2D eigenvalue weighted by atomic mass is 10.0. The Kier molecular flexibility index (Phi) is 20.8. The average Bonchev–Trinajstić information content (AvgIpc) is 1.58. The van der Waals surface area contributed by atoms with Gasteiger partial charge in [0.15, 0.2) is 29.1 Å². The second-order valence-electron chi connectivity index (χ2n) is 32.6. The van der Waals surface area contributed by atoms with Gasteiger partial charge in [0.2, 0.25) is 0 Å². The zero-order valence-corrected chi connectivity index (χ0v) is 74.9. The number of thiophene rings is 5. The molecule has 0 bridgehead atoms. The first kappa shape index (κ1) is 79.4. The fourth-order valence-corrected chi connectivity index (χ4v) is 23.1. The van der Waals surface area contributed by atoms with Crippen molar-refractivity contribution in [2.45, 2.75) is 0 Å². The van der Waals surface area contributed by atoms with Gasteiger partial charge in [-0.25, -0.2) is 34.9 Å². The van der Waals surface area contributed by atoms with E-state index < -0.39 is 0 Å². The summed E-state index contributed by atoms with van der Waals surface area (Å²) in [4.78, 5) is 38.8. The second-order valence-corrected chi connectivity index (χ2v) is 38.0. The lowest BCUT2D eigenvalue weighted by Gasteiger charge is -2.11. The molecule has 0 aliphatic heterocycles. The first-order valence-corrected chi connectivity index (χ1v) is 47.9. The van der Waals surface area contributed by atoms with Crippen LogP contribution in [0, 0.1) is 0 Å². The highest BCUT2D eigenvalue weighted by Gasteiger charge is 2.23. The molecule has 9 aromatic heterocycles. The van der Waals surface area contributed by atoms with Gasteiger partial charge in [0.1, 0.15) is 0 Å². The third-order valence-electron chi connectivity index (χ3n) is 24.3. The first-order valence-electron chi connectivity index (χ1n) is 43.8. The van der Waals surface area contributed by atoms with Crippen LogP contribution in [0.2, 0.25) is 0 Å². The summed E-state index contributed by atoms with van der Waals surface area (Å²) in [5.74, 6) is 3.51. The molecule has 8 nitrogen and oxygen atoms in total.